The molecular formula is C10H15F3N2. The molecule has 15 heavy (non-hydrogen) atoms. The lowest BCUT2D eigenvalue weighted by atomic mass is 10.1. The zero-order valence-corrected chi connectivity index (χ0v) is 8.72. The lowest BCUT2D eigenvalue weighted by Gasteiger charge is -2.20. The Bertz CT molecular complexity index is 244. The van der Waals surface area contributed by atoms with Gasteiger partial charge in [0.2, 0.25) is 0 Å². The van der Waals surface area contributed by atoms with Crippen molar-refractivity contribution in [2.24, 2.45) is 11.8 Å². The predicted molar refractivity (Wildman–Crippen MR) is 50.0 cm³/mol. The van der Waals surface area contributed by atoms with Gasteiger partial charge in [0.1, 0.15) is 0 Å². The Balaban J connectivity index is 2.45. The van der Waals surface area contributed by atoms with Crippen LogP contribution >= 0.6 is 0 Å². The van der Waals surface area contributed by atoms with Crippen LogP contribution in [0.3, 0.4) is 0 Å². The second-order valence-electron chi connectivity index (χ2n) is 4.05. The summed E-state index contributed by atoms with van der Waals surface area (Å²) in [5.41, 5.74) is 0. The van der Waals surface area contributed by atoms with Gasteiger partial charge < -0.3 is 4.90 Å². The Labute approximate surface area is 87.7 Å². The number of halogens is 3. The zero-order valence-electron chi connectivity index (χ0n) is 8.72. The fourth-order valence-corrected chi connectivity index (χ4v) is 1.89. The Morgan fingerprint density at radius 2 is 2.20 bits per heavy atom. The minimum absolute atomic E-state index is 0.170. The highest BCUT2D eigenvalue weighted by molar-refractivity contribution is 4.92. The number of hydrogen-bond acceptors (Lipinski definition) is 2. The highest BCUT2D eigenvalue weighted by Gasteiger charge is 2.41. The average Bonchev–Trinajstić information content (AvgIpc) is 2.59. The molecule has 0 radical (unpaired) electrons. The van der Waals surface area contributed by atoms with Crippen LogP contribution in [-0.4, -0.2) is 30.7 Å². The minimum atomic E-state index is -4.39. The van der Waals surface area contributed by atoms with E-state index in [4.69, 9.17) is 5.26 Å². The van der Waals surface area contributed by atoms with E-state index in [2.05, 4.69) is 0 Å². The fourth-order valence-electron chi connectivity index (χ4n) is 1.89. The summed E-state index contributed by atoms with van der Waals surface area (Å²) in [6, 6.07) is 1.34. The lowest BCUT2D eigenvalue weighted by Crippen LogP contribution is -2.34. The Morgan fingerprint density at radius 1 is 1.53 bits per heavy atom. The molecule has 1 fully saturated rings. The van der Waals surface area contributed by atoms with Gasteiger partial charge in [-0.3, -0.25) is 0 Å². The van der Waals surface area contributed by atoms with Crippen LogP contribution in [0.2, 0.25) is 0 Å². The maximum absolute atomic E-state index is 12.3. The molecule has 1 rings (SSSR count). The Kier molecular flexibility index (Phi) is 3.97. The molecule has 0 N–H and O–H groups in total. The largest absolute Gasteiger partial charge is 0.405 e. The second kappa shape index (κ2) is 4.84. The molecule has 0 saturated carbocycles. The molecule has 0 bridgehead atoms. The van der Waals surface area contributed by atoms with Crippen molar-refractivity contribution < 1.29 is 13.2 Å². The molecule has 0 aromatic rings. The first-order valence-electron chi connectivity index (χ1n) is 5.16. The number of nitriles is 1. The normalized spacial score (nSPS) is 25.1. The first-order valence-corrected chi connectivity index (χ1v) is 5.16. The monoisotopic (exact) mass is 220 g/mol. The first kappa shape index (κ1) is 12.3. The van der Waals surface area contributed by atoms with E-state index in [9.17, 15) is 13.2 Å². The van der Waals surface area contributed by atoms with E-state index in [1.54, 1.807) is 4.90 Å². The molecule has 1 saturated heterocycles. The fraction of sp³-hybridized carbons (Fsp3) is 0.900. The van der Waals surface area contributed by atoms with E-state index in [0.717, 1.165) is 12.8 Å². The van der Waals surface area contributed by atoms with Gasteiger partial charge in [-0.15, -0.1) is 0 Å². The number of hydrogen-bond donors (Lipinski definition) is 0. The average molecular weight is 220 g/mol. The van der Waals surface area contributed by atoms with Gasteiger partial charge in [0.15, 0.2) is 5.92 Å². The Morgan fingerprint density at radius 3 is 2.60 bits per heavy atom. The van der Waals surface area contributed by atoms with Gasteiger partial charge in [0.25, 0.3) is 0 Å². The highest BCUT2D eigenvalue weighted by atomic mass is 19.4. The second-order valence-corrected chi connectivity index (χ2v) is 4.05. The molecule has 2 unspecified atom stereocenters. The molecule has 2 atom stereocenters. The summed E-state index contributed by atoms with van der Waals surface area (Å²) >= 11 is 0. The summed E-state index contributed by atoms with van der Waals surface area (Å²) in [4.78, 5) is 1.75. The van der Waals surface area contributed by atoms with Crippen LogP contribution in [0.15, 0.2) is 0 Å². The standard InChI is InChI=1S/C10H15F3N2/c1-2-8-3-4-15(6-8)7-9(5-14)10(11,12)13/h8-9H,2-4,6-7H2,1H3. The summed E-state index contributed by atoms with van der Waals surface area (Å²) in [5, 5.41) is 8.45. The van der Waals surface area contributed by atoms with Gasteiger partial charge in [-0.1, -0.05) is 13.3 Å². The summed E-state index contributed by atoms with van der Waals surface area (Å²) in [7, 11) is 0. The summed E-state index contributed by atoms with van der Waals surface area (Å²) in [6.45, 7) is 3.26. The third-order valence-corrected chi connectivity index (χ3v) is 2.94. The summed E-state index contributed by atoms with van der Waals surface area (Å²) in [5.74, 6) is -1.34. The van der Waals surface area contributed by atoms with Crippen molar-refractivity contribution in [2.75, 3.05) is 19.6 Å². The van der Waals surface area contributed by atoms with Gasteiger partial charge >= 0.3 is 6.18 Å². The number of alkyl halides is 3. The number of rotatable bonds is 3. The van der Waals surface area contributed by atoms with Crippen molar-refractivity contribution in [1.29, 1.82) is 5.26 Å². The van der Waals surface area contributed by atoms with Crippen LogP contribution in [0.1, 0.15) is 19.8 Å². The van der Waals surface area contributed by atoms with Crippen molar-refractivity contribution in [3.63, 3.8) is 0 Å². The molecule has 2 nitrogen and oxygen atoms in total. The third-order valence-electron chi connectivity index (χ3n) is 2.94. The molecule has 0 amide bonds. The SMILES string of the molecule is CCC1CCN(CC(C#N)C(F)(F)F)C1. The van der Waals surface area contributed by atoms with Gasteiger partial charge in [0.05, 0.1) is 6.07 Å². The molecule has 0 aromatic heterocycles. The molecule has 86 valence electrons. The molecule has 1 heterocycles. The molecule has 1 aliphatic rings. The van der Waals surface area contributed by atoms with E-state index in [1.807, 2.05) is 6.92 Å². The van der Waals surface area contributed by atoms with Crippen LogP contribution in [0.4, 0.5) is 13.2 Å². The zero-order chi connectivity index (χ0) is 11.5. The van der Waals surface area contributed by atoms with Crippen molar-refractivity contribution in [2.45, 2.75) is 25.9 Å². The van der Waals surface area contributed by atoms with E-state index in [-0.39, 0.29) is 6.54 Å². The molecule has 1 aliphatic heterocycles. The minimum Gasteiger partial charge on any atom is -0.301 e. The molecule has 5 heteroatoms. The van der Waals surface area contributed by atoms with Crippen molar-refractivity contribution in [3.8, 4) is 6.07 Å². The van der Waals surface area contributed by atoms with Crippen LogP contribution in [-0.2, 0) is 0 Å². The van der Waals surface area contributed by atoms with E-state index in [1.165, 1.54) is 6.07 Å². The summed E-state index contributed by atoms with van der Waals surface area (Å²) in [6.07, 6.45) is -2.44. The molecule has 0 aromatic carbocycles. The van der Waals surface area contributed by atoms with Gasteiger partial charge in [0, 0.05) is 13.1 Å². The molecule has 0 aliphatic carbocycles. The lowest BCUT2D eigenvalue weighted by molar-refractivity contribution is -0.162. The van der Waals surface area contributed by atoms with Crippen molar-refractivity contribution >= 4 is 0 Å². The predicted octanol–water partition coefficient (Wildman–Crippen LogP) is 2.42. The quantitative estimate of drug-likeness (QED) is 0.730. The van der Waals surface area contributed by atoms with Gasteiger partial charge in [-0.2, -0.15) is 18.4 Å². The van der Waals surface area contributed by atoms with Gasteiger partial charge in [-0.25, -0.2) is 0 Å². The first-order chi connectivity index (χ1) is 6.97. The molecule has 0 spiro atoms. The maximum Gasteiger partial charge on any atom is 0.405 e. The number of likely N-dealkylation sites (tertiary alicyclic amines) is 1. The highest BCUT2D eigenvalue weighted by Crippen LogP contribution is 2.28. The van der Waals surface area contributed by atoms with Crippen molar-refractivity contribution in [1.82, 2.24) is 4.90 Å². The smallest absolute Gasteiger partial charge is 0.301 e. The van der Waals surface area contributed by atoms with Gasteiger partial charge in [-0.05, 0) is 18.9 Å². The van der Waals surface area contributed by atoms with Crippen LogP contribution < -0.4 is 0 Å². The Hall–Kier alpha value is -0.760. The van der Waals surface area contributed by atoms with E-state index >= 15 is 0 Å². The van der Waals surface area contributed by atoms with E-state index in [0.29, 0.717) is 19.0 Å². The van der Waals surface area contributed by atoms with Crippen LogP contribution in [0.5, 0.6) is 0 Å². The topological polar surface area (TPSA) is 27.0 Å². The van der Waals surface area contributed by atoms with Crippen molar-refractivity contribution in [3.05, 3.63) is 0 Å². The third kappa shape index (κ3) is 3.38. The summed E-state index contributed by atoms with van der Waals surface area (Å²) < 4.78 is 36.9. The maximum atomic E-state index is 12.3. The van der Waals surface area contributed by atoms with E-state index < -0.39 is 12.1 Å². The number of nitrogens with zero attached hydrogens (tertiary/aromatic N) is 2. The van der Waals surface area contributed by atoms with Crippen LogP contribution in [0.25, 0.3) is 0 Å². The molecular weight excluding hydrogens is 205 g/mol. The van der Waals surface area contributed by atoms with Crippen LogP contribution in [0, 0.1) is 23.2 Å².